The Kier molecular flexibility index (Phi) is 4.34. The molecule has 2 aromatic rings. The van der Waals surface area contributed by atoms with Crippen LogP contribution >= 0.6 is 0 Å². The highest BCUT2D eigenvalue weighted by Gasteiger charge is 2.31. The van der Waals surface area contributed by atoms with E-state index >= 15 is 0 Å². The SMILES string of the molecule is OC1(CNCc2cnn(Cc3ccccc3)c2)CCOC1. The minimum atomic E-state index is -0.708. The van der Waals surface area contributed by atoms with Gasteiger partial charge < -0.3 is 15.2 Å². The van der Waals surface area contributed by atoms with Gasteiger partial charge in [0.25, 0.3) is 0 Å². The first-order valence-corrected chi connectivity index (χ1v) is 7.30. The van der Waals surface area contributed by atoms with Crippen LogP contribution in [-0.4, -0.2) is 40.2 Å². The monoisotopic (exact) mass is 287 g/mol. The summed E-state index contributed by atoms with van der Waals surface area (Å²) in [6.07, 6.45) is 4.60. The second-order valence-corrected chi connectivity index (χ2v) is 5.66. The first-order valence-electron chi connectivity index (χ1n) is 7.30. The number of nitrogens with zero attached hydrogens (tertiary/aromatic N) is 2. The first-order chi connectivity index (χ1) is 10.2. The van der Waals surface area contributed by atoms with E-state index in [2.05, 4.69) is 22.5 Å². The van der Waals surface area contributed by atoms with Crippen molar-refractivity contribution in [1.29, 1.82) is 0 Å². The first kappa shape index (κ1) is 14.3. The Balaban J connectivity index is 1.49. The fourth-order valence-corrected chi connectivity index (χ4v) is 2.53. The van der Waals surface area contributed by atoms with Gasteiger partial charge in [-0.15, -0.1) is 0 Å². The van der Waals surface area contributed by atoms with Crippen molar-refractivity contribution in [2.24, 2.45) is 0 Å². The van der Waals surface area contributed by atoms with E-state index in [1.54, 1.807) is 0 Å². The zero-order chi connectivity index (χ0) is 14.5. The summed E-state index contributed by atoms with van der Waals surface area (Å²) in [5.74, 6) is 0. The molecule has 112 valence electrons. The lowest BCUT2D eigenvalue weighted by Gasteiger charge is -2.20. The molecule has 0 bridgehead atoms. The van der Waals surface area contributed by atoms with Gasteiger partial charge in [-0.25, -0.2) is 0 Å². The fourth-order valence-electron chi connectivity index (χ4n) is 2.53. The van der Waals surface area contributed by atoms with Crippen LogP contribution in [0.2, 0.25) is 0 Å². The molecule has 0 radical (unpaired) electrons. The molecule has 2 heterocycles. The summed E-state index contributed by atoms with van der Waals surface area (Å²) in [5.41, 5.74) is 1.64. The Hall–Kier alpha value is -1.69. The average Bonchev–Trinajstić information content (AvgIpc) is 3.10. The Labute approximate surface area is 124 Å². The quantitative estimate of drug-likeness (QED) is 0.837. The van der Waals surface area contributed by atoms with Crippen LogP contribution in [0.25, 0.3) is 0 Å². The molecule has 2 N–H and O–H groups in total. The number of hydrogen-bond acceptors (Lipinski definition) is 4. The number of nitrogens with one attached hydrogen (secondary N) is 1. The van der Waals surface area contributed by atoms with Crippen molar-refractivity contribution in [3.63, 3.8) is 0 Å². The predicted molar refractivity (Wildman–Crippen MR) is 79.9 cm³/mol. The van der Waals surface area contributed by atoms with E-state index in [4.69, 9.17) is 4.74 Å². The van der Waals surface area contributed by atoms with Gasteiger partial charge in [-0.1, -0.05) is 30.3 Å². The molecule has 1 unspecified atom stereocenters. The highest BCUT2D eigenvalue weighted by Crippen LogP contribution is 2.17. The molecule has 1 saturated heterocycles. The molecule has 0 aliphatic carbocycles. The molecule has 21 heavy (non-hydrogen) atoms. The normalized spacial score (nSPS) is 21.8. The van der Waals surface area contributed by atoms with Crippen LogP contribution in [-0.2, 0) is 17.8 Å². The summed E-state index contributed by atoms with van der Waals surface area (Å²) >= 11 is 0. The van der Waals surface area contributed by atoms with Gasteiger partial charge in [0.2, 0.25) is 0 Å². The van der Waals surface area contributed by atoms with Crippen molar-refractivity contribution < 1.29 is 9.84 Å². The Morgan fingerprint density at radius 3 is 2.90 bits per heavy atom. The molecule has 1 aliphatic heterocycles. The molecule has 1 aromatic heterocycles. The van der Waals surface area contributed by atoms with Crippen LogP contribution in [0.15, 0.2) is 42.7 Å². The van der Waals surface area contributed by atoms with E-state index in [-0.39, 0.29) is 0 Å². The molecule has 1 atom stereocenters. The third-order valence-corrected chi connectivity index (χ3v) is 3.74. The summed E-state index contributed by atoms with van der Waals surface area (Å²) in [5, 5.41) is 17.8. The molecule has 1 aromatic carbocycles. The largest absolute Gasteiger partial charge is 0.386 e. The van der Waals surface area contributed by atoms with Crippen LogP contribution in [0, 0.1) is 0 Å². The number of aliphatic hydroxyl groups is 1. The minimum absolute atomic E-state index is 0.424. The van der Waals surface area contributed by atoms with Gasteiger partial charge in [0.1, 0.15) is 5.60 Å². The number of ether oxygens (including phenoxy) is 1. The van der Waals surface area contributed by atoms with E-state index in [0.29, 0.717) is 32.7 Å². The number of benzene rings is 1. The highest BCUT2D eigenvalue weighted by molar-refractivity contribution is 5.15. The second kappa shape index (κ2) is 6.39. The Morgan fingerprint density at radius 2 is 2.14 bits per heavy atom. The minimum Gasteiger partial charge on any atom is -0.386 e. The van der Waals surface area contributed by atoms with Crippen LogP contribution in [0.4, 0.5) is 0 Å². The van der Waals surface area contributed by atoms with E-state index < -0.39 is 5.60 Å². The van der Waals surface area contributed by atoms with E-state index in [0.717, 1.165) is 12.1 Å². The standard InChI is InChI=1S/C16H21N3O2/c20-16(6-7-21-13-16)12-17-8-15-9-18-19(11-15)10-14-4-2-1-3-5-14/h1-5,9,11,17,20H,6-8,10,12-13H2. The summed E-state index contributed by atoms with van der Waals surface area (Å²) in [6.45, 7) is 3.10. The van der Waals surface area contributed by atoms with Crippen LogP contribution in [0.5, 0.6) is 0 Å². The van der Waals surface area contributed by atoms with E-state index in [1.807, 2.05) is 35.3 Å². The van der Waals surface area contributed by atoms with Gasteiger partial charge in [-0.2, -0.15) is 5.10 Å². The maximum Gasteiger partial charge on any atom is 0.102 e. The van der Waals surface area contributed by atoms with Crippen molar-refractivity contribution in [3.8, 4) is 0 Å². The maximum absolute atomic E-state index is 10.2. The van der Waals surface area contributed by atoms with Crippen LogP contribution < -0.4 is 5.32 Å². The number of rotatable bonds is 6. The zero-order valence-electron chi connectivity index (χ0n) is 12.0. The Morgan fingerprint density at radius 1 is 1.29 bits per heavy atom. The molecule has 1 aliphatic rings. The van der Waals surface area contributed by atoms with Crippen molar-refractivity contribution in [2.75, 3.05) is 19.8 Å². The average molecular weight is 287 g/mol. The third kappa shape index (κ3) is 3.91. The van der Waals surface area contributed by atoms with E-state index in [9.17, 15) is 5.11 Å². The topological polar surface area (TPSA) is 59.3 Å². The van der Waals surface area contributed by atoms with Crippen LogP contribution in [0.3, 0.4) is 0 Å². The van der Waals surface area contributed by atoms with Crippen molar-refractivity contribution >= 4 is 0 Å². The highest BCUT2D eigenvalue weighted by atomic mass is 16.5. The van der Waals surface area contributed by atoms with Crippen molar-refractivity contribution in [1.82, 2.24) is 15.1 Å². The van der Waals surface area contributed by atoms with Gasteiger partial charge in [-0.05, 0) is 5.56 Å². The molecule has 3 rings (SSSR count). The van der Waals surface area contributed by atoms with Crippen molar-refractivity contribution in [2.45, 2.75) is 25.1 Å². The molecule has 0 amide bonds. The van der Waals surface area contributed by atoms with Gasteiger partial charge in [0, 0.05) is 37.9 Å². The number of aromatic nitrogens is 2. The lowest BCUT2D eigenvalue weighted by molar-refractivity contribution is 0.0268. The smallest absolute Gasteiger partial charge is 0.102 e. The van der Waals surface area contributed by atoms with Crippen molar-refractivity contribution in [3.05, 3.63) is 53.9 Å². The Bertz CT molecular complexity index is 562. The summed E-state index contributed by atoms with van der Waals surface area (Å²) in [6, 6.07) is 10.3. The van der Waals surface area contributed by atoms with Gasteiger partial charge >= 0.3 is 0 Å². The maximum atomic E-state index is 10.2. The van der Waals surface area contributed by atoms with Gasteiger partial charge in [0.15, 0.2) is 0 Å². The van der Waals surface area contributed by atoms with Gasteiger partial charge in [0.05, 0.1) is 19.3 Å². The molecule has 0 saturated carbocycles. The third-order valence-electron chi connectivity index (χ3n) is 3.74. The predicted octanol–water partition coefficient (Wildman–Crippen LogP) is 1.17. The second-order valence-electron chi connectivity index (χ2n) is 5.66. The summed E-state index contributed by atoms with van der Waals surface area (Å²) in [4.78, 5) is 0. The molecular formula is C16H21N3O2. The summed E-state index contributed by atoms with van der Waals surface area (Å²) < 4.78 is 7.16. The molecule has 5 nitrogen and oxygen atoms in total. The molecule has 5 heteroatoms. The van der Waals surface area contributed by atoms with Crippen LogP contribution in [0.1, 0.15) is 17.5 Å². The van der Waals surface area contributed by atoms with Gasteiger partial charge in [-0.3, -0.25) is 4.68 Å². The zero-order valence-corrected chi connectivity index (χ0v) is 12.0. The molecule has 0 spiro atoms. The lowest BCUT2D eigenvalue weighted by Crippen LogP contribution is -2.40. The number of hydrogen-bond donors (Lipinski definition) is 2. The lowest BCUT2D eigenvalue weighted by atomic mass is 10.0. The molecule has 1 fully saturated rings. The van der Waals surface area contributed by atoms with E-state index in [1.165, 1.54) is 5.56 Å². The fraction of sp³-hybridized carbons (Fsp3) is 0.438. The summed E-state index contributed by atoms with van der Waals surface area (Å²) in [7, 11) is 0. The molecular weight excluding hydrogens is 266 g/mol.